The molecular weight excluding hydrogens is 315 g/mol. The van der Waals surface area contributed by atoms with Gasteiger partial charge in [0.05, 0.1) is 5.56 Å². The van der Waals surface area contributed by atoms with Crippen molar-refractivity contribution in [2.75, 3.05) is 19.8 Å². The molecule has 0 aliphatic heterocycles. The Morgan fingerprint density at radius 1 is 1.39 bits per heavy atom. The quantitative estimate of drug-likeness (QED) is 0.717. The lowest BCUT2D eigenvalue weighted by molar-refractivity contribution is -0.137. The number of halogens is 3. The van der Waals surface area contributed by atoms with Gasteiger partial charge >= 0.3 is 12.3 Å². The van der Waals surface area contributed by atoms with Crippen LogP contribution in [0.15, 0.2) is 24.3 Å². The zero-order chi connectivity index (χ0) is 17.3. The van der Waals surface area contributed by atoms with Crippen LogP contribution in [0.25, 0.3) is 0 Å². The summed E-state index contributed by atoms with van der Waals surface area (Å²) in [6.07, 6.45) is -4.82. The van der Waals surface area contributed by atoms with Crippen molar-refractivity contribution in [3.05, 3.63) is 29.8 Å². The molecule has 1 amide bonds. The molecular formula is C15H20F3NO4. The number of nitrogens with one attached hydrogen (secondary N) is 1. The molecule has 23 heavy (non-hydrogen) atoms. The second kappa shape index (κ2) is 9.24. The summed E-state index contributed by atoms with van der Waals surface area (Å²) < 4.78 is 48.2. The third-order valence-electron chi connectivity index (χ3n) is 2.93. The Labute approximate surface area is 132 Å². The third-order valence-corrected chi connectivity index (χ3v) is 2.93. The summed E-state index contributed by atoms with van der Waals surface area (Å²) in [5.41, 5.74) is -0.800. The van der Waals surface area contributed by atoms with Crippen molar-refractivity contribution >= 4 is 6.09 Å². The van der Waals surface area contributed by atoms with Crippen molar-refractivity contribution in [2.45, 2.75) is 32.0 Å². The van der Waals surface area contributed by atoms with Crippen LogP contribution in [0.3, 0.4) is 0 Å². The minimum Gasteiger partial charge on any atom is -0.490 e. The smallest absolute Gasteiger partial charge is 0.416 e. The summed E-state index contributed by atoms with van der Waals surface area (Å²) in [6.45, 7) is 1.95. The summed E-state index contributed by atoms with van der Waals surface area (Å²) in [7, 11) is 0. The lowest BCUT2D eigenvalue weighted by atomic mass is 10.2. The molecule has 1 aromatic carbocycles. The predicted octanol–water partition coefficient (Wildman–Crippen LogP) is 2.97. The van der Waals surface area contributed by atoms with Crippen molar-refractivity contribution in [3.63, 3.8) is 0 Å². The number of ether oxygens (including phenoxy) is 2. The molecule has 0 saturated heterocycles. The normalized spacial score (nSPS) is 12.6. The first kappa shape index (κ1) is 19.1. The Balaban J connectivity index is 2.49. The molecule has 0 fully saturated rings. The van der Waals surface area contributed by atoms with Crippen LogP contribution in [-0.4, -0.2) is 37.1 Å². The number of aliphatic hydroxyl groups excluding tert-OH is 1. The van der Waals surface area contributed by atoms with E-state index in [0.717, 1.165) is 12.1 Å². The maximum absolute atomic E-state index is 12.6. The second-order valence-electron chi connectivity index (χ2n) is 4.78. The SMILES string of the molecule is CCC(COc1cccc(C(F)(F)F)c1)OC(=O)NCCCO. The molecule has 130 valence electrons. The predicted molar refractivity (Wildman–Crippen MR) is 77.2 cm³/mol. The van der Waals surface area contributed by atoms with Crippen molar-refractivity contribution in [2.24, 2.45) is 0 Å². The highest BCUT2D eigenvalue weighted by Gasteiger charge is 2.30. The number of alkyl halides is 3. The van der Waals surface area contributed by atoms with E-state index >= 15 is 0 Å². The van der Waals surface area contributed by atoms with Gasteiger partial charge in [-0.25, -0.2) is 4.79 Å². The van der Waals surface area contributed by atoms with Gasteiger partial charge in [-0.05, 0) is 31.0 Å². The largest absolute Gasteiger partial charge is 0.490 e. The van der Waals surface area contributed by atoms with Gasteiger partial charge in [0.2, 0.25) is 0 Å². The van der Waals surface area contributed by atoms with Crippen molar-refractivity contribution in [1.82, 2.24) is 5.32 Å². The van der Waals surface area contributed by atoms with Crippen molar-refractivity contribution < 1.29 is 32.5 Å². The van der Waals surface area contributed by atoms with Gasteiger partial charge in [-0.2, -0.15) is 13.2 Å². The van der Waals surface area contributed by atoms with Crippen molar-refractivity contribution in [3.8, 4) is 5.75 Å². The molecule has 0 heterocycles. The lowest BCUT2D eigenvalue weighted by Crippen LogP contribution is -2.32. The van der Waals surface area contributed by atoms with E-state index in [1.807, 2.05) is 0 Å². The van der Waals surface area contributed by atoms with Crippen LogP contribution in [0.1, 0.15) is 25.3 Å². The molecule has 1 aromatic rings. The molecule has 0 aliphatic rings. The van der Waals surface area contributed by atoms with Gasteiger partial charge in [-0.1, -0.05) is 13.0 Å². The Kier molecular flexibility index (Phi) is 7.67. The number of aliphatic hydroxyl groups is 1. The first-order valence-corrected chi connectivity index (χ1v) is 7.22. The van der Waals surface area contributed by atoms with E-state index < -0.39 is 23.9 Å². The van der Waals surface area contributed by atoms with Crippen LogP contribution < -0.4 is 10.1 Å². The van der Waals surface area contributed by atoms with Gasteiger partial charge in [0, 0.05) is 13.2 Å². The topological polar surface area (TPSA) is 67.8 Å². The highest BCUT2D eigenvalue weighted by atomic mass is 19.4. The molecule has 8 heteroatoms. The minimum absolute atomic E-state index is 0.0455. The number of benzene rings is 1. The molecule has 0 saturated carbocycles. The molecule has 1 unspecified atom stereocenters. The number of alkyl carbamates (subject to hydrolysis) is 1. The summed E-state index contributed by atoms with van der Waals surface area (Å²) in [4.78, 5) is 11.5. The molecule has 0 radical (unpaired) electrons. The Hall–Kier alpha value is -1.96. The number of amides is 1. The van der Waals surface area contributed by atoms with E-state index in [9.17, 15) is 18.0 Å². The Bertz CT molecular complexity index is 494. The van der Waals surface area contributed by atoms with Gasteiger partial charge in [-0.3, -0.25) is 0 Å². The van der Waals surface area contributed by atoms with Crippen LogP contribution in [-0.2, 0) is 10.9 Å². The van der Waals surface area contributed by atoms with E-state index in [-0.39, 0.29) is 25.5 Å². The van der Waals surface area contributed by atoms with E-state index in [1.165, 1.54) is 12.1 Å². The monoisotopic (exact) mass is 335 g/mol. The fourth-order valence-corrected chi connectivity index (χ4v) is 1.65. The average molecular weight is 335 g/mol. The fraction of sp³-hybridized carbons (Fsp3) is 0.533. The number of rotatable bonds is 8. The number of hydrogen-bond donors (Lipinski definition) is 2. The van der Waals surface area contributed by atoms with Crippen LogP contribution in [0.5, 0.6) is 5.75 Å². The Morgan fingerprint density at radius 3 is 2.74 bits per heavy atom. The van der Waals surface area contributed by atoms with Crippen LogP contribution in [0, 0.1) is 0 Å². The van der Waals surface area contributed by atoms with Crippen LogP contribution in [0.4, 0.5) is 18.0 Å². The first-order chi connectivity index (χ1) is 10.9. The lowest BCUT2D eigenvalue weighted by Gasteiger charge is -2.18. The van der Waals surface area contributed by atoms with Gasteiger partial charge in [0.1, 0.15) is 18.5 Å². The minimum atomic E-state index is -4.44. The van der Waals surface area contributed by atoms with E-state index in [2.05, 4.69) is 5.32 Å². The van der Waals surface area contributed by atoms with Crippen LogP contribution >= 0.6 is 0 Å². The fourth-order valence-electron chi connectivity index (χ4n) is 1.65. The van der Waals surface area contributed by atoms with E-state index in [0.29, 0.717) is 12.8 Å². The number of carbonyl (C=O) groups is 1. The number of carbonyl (C=O) groups excluding carboxylic acids is 1. The third kappa shape index (κ3) is 7.23. The standard InChI is InChI=1S/C15H20F3NO4/c1-2-12(23-14(21)19-7-4-8-20)10-22-13-6-3-5-11(9-13)15(16,17)18/h3,5-6,9,12,20H,2,4,7-8,10H2,1H3,(H,19,21). The maximum Gasteiger partial charge on any atom is 0.416 e. The maximum atomic E-state index is 12.6. The summed E-state index contributed by atoms with van der Waals surface area (Å²) in [6, 6.07) is 4.51. The second-order valence-corrected chi connectivity index (χ2v) is 4.78. The molecule has 1 rings (SSSR count). The summed E-state index contributed by atoms with van der Waals surface area (Å²) >= 11 is 0. The Morgan fingerprint density at radius 2 is 2.13 bits per heavy atom. The number of hydrogen-bond acceptors (Lipinski definition) is 4. The van der Waals surface area contributed by atoms with Gasteiger partial charge in [0.25, 0.3) is 0 Å². The molecule has 2 N–H and O–H groups in total. The zero-order valence-electron chi connectivity index (χ0n) is 12.7. The molecule has 0 bridgehead atoms. The van der Waals surface area contributed by atoms with Gasteiger partial charge in [-0.15, -0.1) is 0 Å². The molecule has 0 aliphatic carbocycles. The molecule has 0 spiro atoms. The molecule has 5 nitrogen and oxygen atoms in total. The van der Waals surface area contributed by atoms with Gasteiger partial charge < -0.3 is 19.9 Å². The van der Waals surface area contributed by atoms with E-state index in [1.54, 1.807) is 6.92 Å². The summed E-state index contributed by atoms with van der Waals surface area (Å²) in [5.74, 6) is 0.0579. The highest BCUT2D eigenvalue weighted by Crippen LogP contribution is 2.31. The average Bonchev–Trinajstić information content (AvgIpc) is 2.51. The van der Waals surface area contributed by atoms with Crippen LogP contribution in [0.2, 0.25) is 0 Å². The highest BCUT2D eigenvalue weighted by molar-refractivity contribution is 5.67. The molecule has 0 aromatic heterocycles. The van der Waals surface area contributed by atoms with E-state index in [4.69, 9.17) is 14.6 Å². The first-order valence-electron chi connectivity index (χ1n) is 7.22. The zero-order valence-corrected chi connectivity index (χ0v) is 12.7. The van der Waals surface area contributed by atoms with Gasteiger partial charge in [0.15, 0.2) is 0 Å². The molecule has 1 atom stereocenters. The summed E-state index contributed by atoms with van der Waals surface area (Å²) in [5, 5.41) is 11.1. The van der Waals surface area contributed by atoms with Crippen molar-refractivity contribution in [1.29, 1.82) is 0 Å².